The van der Waals surface area contributed by atoms with Crippen LogP contribution in [-0.2, 0) is 0 Å². The second-order valence-electron chi connectivity index (χ2n) is 2.50. The molecule has 0 saturated carbocycles. The Labute approximate surface area is 112 Å². The summed E-state index contributed by atoms with van der Waals surface area (Å²) >= 11 is 16.0. The first-order valence-corrected chi connectivity index (χ1v) is 5.15. The van der Waals surface area contributed by atoms with E-state index in [0.29, 0.717) is 0 Å². The summed E-state index contributed by atoms with van der Waals surface area (Å²) in [6.07, 6.45) is 0. The van der Waals surface area contributed by atoms with Crippen molar-refractivity contribution in [2.75, 3.05) is 0 Å². The molecule has 0 aliphatic carbocycles. The fourth-order valence-corrected chi connectivity index (χ4v) is 1.32. The van der Waals surface area contributed by atoms with Crippen LogP contribution in [0, 0.1) is 0 Å². The van der Waals surface area contributed by atoms with Crippen LogP contribution in [0.5, 0.6) is 0 Å². The Kier molecular flexibility index (Phi) is 5.01. The standard InChI is InChI=1S/C3Cl3N3.C3H3N3O3/c4-1-7-2(5)9-3(6)8-1;7-1-4-2(8)6-3(9)5-1/h;(H3,4,5,6,7,8,9). The van der Waals surface area contributed by atoms with E-state index in [0.717, 1.165) is 0 Å². The predicted octanol–water partition coefficient (Wildman–Crippen LogP) is -0.417. The van der Waals surface area contributed by atoms with E-state index in [9.17, 15) is 14.4 Å². The van der Waals surface area contributed by atoms with E-state index in [1.54, 1.807) is 15.0 Å². The number of nitrogens with zero attached hydrogens (tertiary/aromatic N) is 3. The monoisotopic (exact) mass is 312 g/mol. The normalized spacial score (nSPS) is 9.50. The molecule has 18 heavy (non-hydrogen) atoms. The molecule has 0 saturated heterocycles. The molecule has 2 aromatic heterocycles. The lowest BCUT2D eigenvalue weighted by molar-refractivity contribution is 0.888. The van der Waals surface area contributed by atoms with Crippen LogP contribution in [0.15, 0.2) is 14.4 Å². The van der Waals surface area contributed by atoms with Gasteiger partial charge in [-0.15, -0.1) is 0 Å². The number of nitrogens with one attached hydrogen (secondary N) is 3. The first-order valence-electron chi connectivity index (χ1n) is 4.02. The van der Waals surface area contributed by atoms with E-state index >= 15 is 0 Å². The summed E-state index contributed by atoms with van der Waals surface area (Å²) in [4.78, 5) is 46.3. The molecular weight excluding hydrogens is 310 g/mol. The zero-order chi connectivity index (χ0) is 13.7. The van der Waals surface area contributed by atoms with E-state index in [1.807, 2.05) is 0 Å². The Morgan fingerprint density at radius 3 is 1.06 bits per heavy atom. The van der Waals surface area contributed by atoms with Gasteiger partial charge in [0, 0.05) is 0 Å². The van der Waals surface area contributed by atoms with E-state index in [1.165, 1.54) is 0 Å². The minimum Gasteiger partial charge on any atom is -0.259 e. The van der Waals surface area contributed by atoms with Gasteiger partial charge in [-0.3, -0.25) is 15.0 Å². The highest BCUT2D eigenvalue weighted by Crippen LogP contribution is 2.08. The van der Waals surface area contributed by atoms with Gasteiger partial charge in [0.1, 0.15) is 0 Å². The molecule has 3 N–H and O–H groups in total. The predicted molar refractivity (Wildman–Crippen MR) is 63.2 cm³/mol. The molecule has 2 rings (SSSR count). The molecule has 0 atom stereocenters. The average Bonchev–Trinajstić information content (AvgIpc) is 2.12. The van der Waals surface area contributed by atoms with Gasteiger partial charge in [0.05, 0.1) is 0 Å². The molecule has 9 nitrogen and oxygen atoms in total. The molecule has 0 aromatic carbocycles. The van der Waals surface area contributed by atoms with Gasteiger partial charge in [-0.25, -0.2) is 14.4 Å². The highest BCUT2D eigenvalue weighted by atomic mass is 35.5. The first-order chi connectivity index (χ1) is 8.36. The van der Waals surface area contributed by atoms with Gasteiger partial charge in [0.25, 0.3) is 0 Å². The number of hydrogen-bond acceptors (Lipinski definition) is 6. The van der Waals surface area contributed by atoms with Crippen LogP contribution in [0.4, 0.5) is 0 Å². The van der Waals surface area contributed by atoms with Crippen molar-refractivity contribution in [3.63, 3.8) is 0 Å². The molecule has 0 radical (unpaired) electrons. The molecule has 96 valence electrons. The smallest absolute Gasteiger partial charge is 0.259 e. The molecule has 0 aliphatic rings. The topological polar surface area (TPSA) is 137 Å². The number of H-pyrrole nitrogens is 3. The Balaban J connectivity index is 0.000000180. The maximum atomic E-state index is 10.2. The number of hydrogen-bond donors (Lipinski definition) is 3. The SMILES string of the molecule is Clc1nc(Cl)nc(Cl)n1.O=c1[nH]c(=O)[nH]c(=O)[nH]1. The molecule has 0 aliphatic heterocycles. The van der Waals surface area contributed by atoms with Crippen LogP contribution < -0.4 is 17.1 Å². The summed E-state index contributed by atoms with van der Waals surface area (Å²) in [5.41, 5.74) is -2.41. The van der Waals surface area contributed by atoms with Crippen molar-refractivity contribution in [3.05, 3.63) is 47.3 Å². The van der Waals surface area contributed by atoms with Crippen molar-refractivity contribution in [2.45, 2.75) is 0 Å². The lowest BCUT2D eigenvalue weighted by Crippen LogP contribution is -2.34. The number of halogens is 3. The molecule has 2 aromatic rings. The number of rotatable bonds is 0. The lowest BCUT2D eigenvalue weighted by Gasteiger charge is -1.88. The third-order valence-corrected chi connectivity index (χ3v) is 1.74. The molecule has 2 heterocycles. The van der Waals surface area contributed by atoms with Crippen molar-refractivity contribution in [1.82, 2.24) is 29.9 Å². The molecular formula is C6H3Cl3N6O3. The van der Waals surface area contributed by atoms with Crippen LogP contribution in [-0.4, -0.2) is 29.9 Å². The highest BCUT2D eigenvalue weighted by molar-refractivity contribution is 6.33. The van der Waals surface area contributed by atoms with Crippen LogP contribution in [0.25, 0.3) is 0 Å². The summed E-state index contributed by atoms with van der Waals surface area (Å²) in [5.74, 6) is 0. The lowest BCUT2D eigenvalue weighted by atomic mass is 11.0. The Morgan fingerprint density at radius 2 is 0.833 bits per heavy atom. The van der Waals surface area contributed by atoms with Crippen molar-refractivity contribution < 1.29 is 0 Å². The highest BCUT2D eigenvalue weighted by Gasteiger charge is 1.97. The second-order valence-corrected chi connectivity index (χ2v) is 3.52. The molecule has 0 spiro atoms. The number of aromatic nitrogens is 6. The number of aromatic amines is 3. The third-order valence-electron chi connectivity index (χ3n) is 1.23. The molecule has 0 fully saturated rings. The van der Waals surface area contributed by atoms with Gasteiger partial charge in [-0.05, 0) is 34.8 Å². The minimum atomic E-state index is -0.802. The molecule has 0 amide bonds. The van der Waals surface area contributed by atoms with Gasteiger partial charge < -0.3 is 0 Å². The Morgan fingerprint density at radius 1 is 0.611 bits per heavy atom. The van der Waals surface area contributed by atoms with Crippen molar-refractivity contribution >= 4 is 34.8 Å². The molecule has 12 heteroatoms. The zero-order valence-corrected chi connectivity index (χ0v) is 10.5. The van der Waals surface area contributed by atoms with E-state index in [4.69, 9.17) is 34.8 Å². The van der Waals surface area contributed by atoms with Crippen molar-refractivity contribution in [2.24, 2.45) is 0 Å². The van der Waals surface area contributed by atoms with E-state index < -0.39 is 17.1 Å². The summed E-state index contributed by atoms with van der Waals surface area (Å²) in [7, 11) is 0. The van der Waals surface area contributed by atoms with E-state index in [-0.39, 0.29) is 15.9 Å². The minimum absolute atomic E-state index is 0.000000000000000444. The van der Waals surface area contributed by atoms with Crippen LogP contribution >= 0.6 is 34.8 Å². The summed E-state index contributed by atoms with van der Waals surface area (Å²) in [6.45, 7) is 0. The fraction of sp³-hybridized carbons (Fsp3) is 0. The summed E-state index contributed by atoms with van der Waals surface area (Å²) in [6, 6.07) is 0. The van der Waals surface area contributed by atoms with Gasteiger partial charge in [-0.1, -0.05) is 0 Å². The van der Waals surface area contributed by atoms with Crippen LogP contribution in [0.2, 0.25) is 15.9 Å². The first kappa shape index (κ1) is 14.4. The maximum Gasteiger partial charge on any atom is 0.330 e. The van der Waals surface area contributed by atoms with Gasteiger partial charge >= 0.3 is 17.1 Å². The van der Waals surface area contributed by atoms with Gasteiger partial charge in [-0.2, -0.15) is 15.0 Å². The summed E-state index contributed by atoms with van der Waals surface area (Å²) in [5, 5.41) is 0.00000000000000178. The molecule has 0 bridgehead atoms. The van der Waals surface area contributed by atoms with E-state index in [2.05, 4.69) is 15.0 Å². The van der Waals surface area contributed by atoms with Crippen molar-refractivity contribution in [1.29, 1.82) is 0 Å². The maximum absolute atomic E-state index is 10.2. The molecule has 0 unspecified atom stereocenters. The Bertz CT molecular complexity index is 577. The van der Waals surface area contributed by atoms with Gasteiger partial charge in [0.15, 0.2) is 0 Å². The Hall–Kier alpha value is -1.71. The van der Waals surface area contributed by atoms with Crippen molar-refractivity contribution in [3.8, 4) is 0 Å². The average molecular weight is 313 g/mol. The second kappa shape index (κ2) is 6.28. The third kappa shape index (κ3) is 5.08. The van der Waals surface area contributed by atoms with Gasteiger partial charge in [0.2, 0.25) is 15.9 Å². The summed E-state index contributed by atoms with van der Waals surface area (Å²) < 4.78 is 0. The fourth-order valence-electron chi connectivity index (χ4n) is 0.706. The largest absolute Gasteiger partial charge is 0.330 e. The quantitative estimate of drug-likeness (QED) is 0.604. The van der Waals surface area contributed by atoms with Crippen LogP contribution in [0.3, 0.4) is 0 Å². The van der Waals surface area contributed by atoms with Crippen LogP contribution in [0.1, 0.15) is 0 Å². The zero-order valence-electron chi connectivity index (χ0n) is 8.20.